The Balaban J connectivity index is 3.17. The van der Waals surface area contributed by atoms with Crippen LogP contribution in [0, 0.1) is 6.07 Å². The number of anilines is 2. The molecule has 0 saturated heterocycles. The molecule has 0 bridgehead atoms. The van der Waals surface area contributed by atoms with Crippen LogP contribution in [0.5, 0.6) is 0 Å². The molecule has 0 aliphatic rings. The molecular weight excluding hydrogens is 136 g/mol. The van der Waals surface area contributed by atoms with Crippen molar-refractivity contribution in [2.45, 2.75) is 0 Å². The number of hydrogen-bond donors (Lipinski definition) is 2. The van der Waals surface area contributed by atoms with Gasteiger partial charge in [0.15, 0.2) is 0 Å². The molecular formula is C6H6ClN2. The van der Waals surface area contributed by atoms with E-state index in [0.29, 0.717) is 16.4 Å². The van der Waals surface area contributed by atoms with Crippen LogP contribution in [-0.2, 0) is 0 Å². The molecule has 0 unspecified atom stereocenters. The van der Waals surface area contributed by atoms with Crippen molar-refractivity contribution in [3.05, 3.63) is 23.2 Å². The lowest BCUT2D eigenvalue weighted by atomic mass is 10.3. The van der Waals surface area contributed by atoms with Crippen molar-refractivity contribution in [2.75, 3.05) is 11.5 Å². The van der Waals surface area contributed by atoms with Gasteiger partial charge in [0.2, 0.25) is 0 Å². The maximum Gasteiger partial charge on any atom is 0.0643 e. The zero-order chi connectivity index (χ0) is 6.85. The van der Waals surface area contributed by atoms with Crippen molar-refractivity contribution >= 4 is 23.0 Å². The van der Waals surface area contributed by atoms with Gasteiger partial charge in [-0.15, -0.1) is 0 Å². The van der Waals surface area contributed by atoms with Crippen molar-refractivity contribution in [2.24, 2.45) is 0 Å². The smallest absolute Gasteiger partial charge is 0.0643 e. The molecule has 0 amide bonds. The summed E-state index contributed by atoms with van der Waals surface area (Å²) in [5.74, 6) is 0. The van der Waals surface area contributed by atoms with Gasteiger partial charge in [-0.25, -0.2) is 0 Å². The van der Waals surface area contributed by atoms with Gasteiger partial charge in [-0.1, -0.05) is 11.6 Å². The van der Waals surface area contributed by atoms with Crippen molar-refractivity contribution in [3.63, 3.8) is 0 Å². The summed E-state index contributed by atoms with van der Waals surface area (Å²) in [7, 11) is 0. The molecule has 0 atom stereocenters. The van der Waals surface area contributed by atoms with Gasteiger partial charge in [0.1, 0.15) is 0 Å². The van der Waals surface area contributed by atoms with Gasteiger partial charge in [0.05, 0.1) is 10.7 Å². The van der Waals surface area contributed by atoms with Crippen LogP contribution >= 0.6 is 11.6 Å². The van der Waals surface area contributed by atoms with Gasteiger partial charge in [-0.3, -0.25) is 0 Å². The van der Waals surface area contributed by atoms with E-state index in [9.17, 15) is 0 Å². The Labute approximate surface area is 58.4 Å². The Kier molecular flexibility index (Phi) is 1.49. The van der Waals surface area contributed by atoms with E-state index in [1.54, 1.807) is 12.1 Å². The second-order valence-electron chi connectivity index (χ2n) is 1.68. The Bertz CT molecular complexity index is 222. The van der Waals surface area contributed by atoms with E-state index in [1.807, 2.05) is 0 Å². The number of halogens is 1. The average Bonchev–Trinajstić information content (AvgIpc) is 1.80. The highest BCUT2D eigenvalue weighted by Gasteiger charge is 1.93. The summed E-state index contributed by atoms with van der Waals surface area (Å²) in [6.07, 6.45) is 0. The summed E-state index contributed by atoms with van der Waals surface area (Å²) in [4.78, 5) is 0. The molecule has 1 radical (unpaired) electrons. The molecule has 0 aliphatic carbocycles. The molecule has 0 aliphatic heterocycles. The van der Waals surface area contributed by atoms with Crippen molar-refractivity contribution in [1.29, 1.82) is 0 Å². The number of nitrogen functional groups attached to an aromatic ring is 2. The van der Waals surface area contributed by atoms with Crippen LogP contribution in [-0.4, -0.2) is 0 Å². The maximum absolute atomic E-state index is 5.57. The maximum atomic E-state index is 5.57. The summed E-state index contributed by atoms with van der Waals surface area (Å²) in [5, 5.41) is 0.490. The first-order chi connectivity index (χ1) is 4.20. The lowest BCUT2D eigenvalue weighted by molar-refractivity contribution is 1.65. The Morgan fingerprint density at radius 3 is 2.44 bits per heavy atom. The van der Waals surface area contributed by atoms with Gasteiger partial charge < -0.3 is 11.5 Å². The highest BCUT2D eigenvalue weighted by molar-refractivity contribution is 6.33. The second-order valence-corrected chi connectivity index (χ2v) is 2.08. The molecule has 4 N–H and O–H groups in total. The Hall–Kier alpha value is -0.890. The van der Waals surface area contributed by atoms with E-state index in [0.717, 1.165) is 0 Å². The Morgan fingerprint density at radius 2 is 2.00 bits per heavy atom. The SMILES string of the molecule is Nc1[c]c(N)c(Cl)cc1. The van der Waals surface area contributed by atoms with E-state index in [-0.39, 0.29) is 0 Å². The van der Waals surface area contributed by atoms with Crippen LogP contribution in [0.4, 0.5) is 11.4 Å². The summed E-state index contributed by atoms with van der Waals surface area (Å²) < 4.78 is 0. The summed E-state index contributed by atoms with van der Waals surface area (Å²) in [6, 6.07) is 5.96. The summed E-state index contributed by atoms with van der Waals surface area (Å²) in [5.41, 5.74) is 11.6. The standard InChI is InChI=1S/C6H6ClN2/c7-5-2-1-4(8)3-6(5)9/h1-2H,8-9H2. The first kappa shape index (κ1) is 6.23. The van der Waals surface area contributed by atoms with Crippen LogP contribution in [0.3, 0.4) is 0 Å². The molecule has 9 heavy (non-hydrogen) atoms. The third-order valence-corrected chi connectivity index (χ3v) is 1.28. The number of benzene rings is 1. The van der Waals surface area contributed by atoms with Gasteiger partial charge >= 0.3 is 0 Å². The topological polar surface area (TPSA) is 52.0 Å². The molecule has 2 nitrogen and oxygen atoms in total. The average molecular weight is 142 g/mol. The fraction of sp³-hybridized carbons (Fsp3) is 0. The number of hydrogen-bond acceptors (Lipinski definition) is 2. The van der Waals surface area contributed by atoms with E-state index >= 15 is 0 Å². The van der Waals surface area contributed by atoms with Crippen LogP contribution < -0.4 is 11.5 Å². The minimum Gasteiger partial charge on any atom is -0.398 e. The predicted octanol–water partition coefficient (Wildman–Crippen LogP) is 1.30. The predicted molar refractivity (Wildman–Crippen MR) is 39.1 cm³/mol. The highest BCUT2D eigenvalue weighted by Crippen LogP contribution is 2.19. The van der Waals surface area contributed by atoms with E-state index < -0.39 is 0 Å². The van der Waals surface area contributed by atoms with Gasteiger partial charge in [0.25, 0.3) is 0 Å². The lowest BCUT2D eigenvalue weighted by Crippen LogP contribution is -1.90. The molecule has 3 heteroatoms. The largest absolute Gasteiger partial charge is 0.398 e. The van der Waals surface area contributed by atoms with Crippen molar-refractivity contribution in [3.8, 4) is 0 Å². The zero-order valence-electron chi connectivity index (χ0n) is 4.69. The quantitative estimate of drug-likeness (QED) is 0.536. The molecule has 1 aromatic rings. The summed E-state index contributed by atoms with van der Waals surface area (Å²) in [6.45, 7) is 0. The second kappa shape index (κ2) is 2.15. The van der Waals surface area contributed by atoms with E-state index in [2.05, 4.69) is 6.07 Å². The monoisotopic (exact) mass is 141 g/mol. The van der Waals surface area contributed by atoms with E-state index in [4.69, 9.17) is 23.1 Å². The normalized spacial score (nSPS) is 9.44. The van der Waals surface area contributed by atoms with Gasteiger partial charge in [-0.2, -0.15) is 0 Å². The fourth-order valence-electron chi connectivity index (χ4n) is 0.510. The van der Waals surface area contributed by atoms with Crippen LogP contribution in [0.2, 0.25) is 5.02 Å². The molecule has 0 spiro atoms. The van der Waals surface area contributed by atoms with Crippen LogP contribution in [0.1, 0.15) is 0 Å². The third kappa shape index (κ3) is 1.27. The lowest BCUT2D eigenvalue weighted by Gasteiger charge is -1.95. The fourth-order valence-corrected chi connectivity index (χ4v) is 0.620. The highest BCUT2D eigenvalue weighted by atomic mass is 35.5. The Morgan fingerprint density at radius 1 is 1.33 bits per heavy atom. The first-order valence-electron chi connectivity index (χ1n) is 2.43. The minimum atomic E-state index is 0.400. The minimum absolute atomic E-state index is 0.400. The van der Waals surface area contributed by atoms with Gasteiger partial charge in [0, 0.05) is 11.8 Å². The van der Waals surface area contributed by atoms with Crippen molar-refractivity contribution < 1.29 is 0 Å². The third-order valence-electron chi connectivity index (χ3n) is 0.946. The molecule has 0 aromatic heterocycles. The number of nitrogens with two attached hydrogens (primary N) is 2. The number of rotatable bonds is 0. The molecule has 47 valence electrons. The van der Waals surface area contributed by atoms with E-state index in [1.165, 1.54) is 0 Å². The molecule has 0 heterocycles. The van der Waals surface area contributed by atoms with Crippen molar-refractivity contribution in [1.82, 2.24) is 0 Å². The molecule has 0 fully saturated rings. The molecule has 0 saturated carbocycles. The van der Waals surface area contributed by atoms with Crippen LogP contribution in [0.25, 0.3) is 0 Å². The zero-order valence-corrected chi connectivity index (χ0v) is 5.44. The molecule has 1 aromatic carbocycles. The van der Waals surface area contributed by atoms with Crippen LogP contribution in [0.15, 0.2) is 12.1 Å². The molecule has 1 rings (SSSR count). The van der Waals surface area contributed by atoms with Gasteiger partial charge in [-0.05, 0) is 12.1 Å². The first-order valence-corrected chi connectivity index (χ1v) is 2.80. The summed E-state index contributed by atoms with van der Waals surface area (Å²) >= 11 is 5.57.